The minimum absolute atomic E-state index is 0.321. The number of rotatable bonds is 4. The summed E-state index contributed by atoms with van der Waals surface area (Å²) in [6, 6.07) is 16.2. The fourth-order valence-electron chi connectivity index (χ4n) is 4.91. The highest BCUT2D eigenvalue weighted by atomic mass is 31.2. The van der Waals surface area contributed by atoms with E-state index in [9.17, 15) is 4.57 Å². The van der Waals surface area contributed by atoms with Gasteiger partial charge in [0.05, 0.1) is 22.7 Å². The van der Waals surface area contributed by atoms with Crippen molar-refractivity contribution >= 4 is 30.3 Å². The molecule has 0 saturated heterocycles. The minimum atomic E-state index is -3.64. The first-order valence-electron chi connectivity index (χ1n) is 9.18. The Morgan fingerprint density at radius 1 is 0.750 bits per heavy atom. The Morgan fingerprint density at radius 2 is 1.11 bits per heavy atom. The summed E-state index contributed by atoms with van der Waals surface area (Å²) >= 11 is 0. The molecule has 0 atom stereocenters. The lowest BCUT2D eigenvalue weighted by atomic mass is 10.3. The summed E-state index contributed by atoms with van der Waals surface area (Å²) in [5, 5.41) is -1.09. The van der Waals surface area contributed by atoms with Crippen molar-refractivity contribution in [1.82, 2.24) is 0 Å². The Morgan fingerprint density at radius 3 is 1.46 bits per heavy atom. The van der Waals surface area contributed by atoms with E-state index in [-0.39, 0.29) is 6.17 Å². The van der Waals surface area contributed by atoms with Crippen LogP contribution in [0.15, 0.2) is 48.5 Å². The summed E-state index contributed by atoms with van der Waals surface area (Å²) in [7, 11) is 7.23. The van der Waals surface area contributed by atoms with Crippen molar-refractivity contribution in [3.63, 3.8) is 0 Å². The highest BCUT2D eigenvalue weighted by molar-refractivity contribution is 7.56. The molecule has 0 unspecified atom stereocenters. The van der Waals surface area contributed by atoms with Crippen molar-refractivity contribution in [2.24, 2.45) is 0 Å². The minimum Gasteiger partial charge on any atom is -0.348 e. The van der Waals surface area contributed by atoms with Crippen molar-refractivity contribution in [2.75, 3.05) is 62.0 Å². The van der Waals surface area contributed by atoms with E-state index in [1.807, 2.05) is 74.4 Å². The Hall–Kier alpha value is -2.21. The Bertz CT molecular complexity index is 887. The van der Waals surface area contributed by atoms with Gasteiger partial charge in [0.1, 0.15) is 0 Å². The topological polar surface area (TPSA) is 48.5 Å². The quantitative estimate of drug-likeness (QED) is 0.724. The maximum atomic E-state index is 14.2. The number of fused-ring (bicyclic) bond motifs is 2. The van der Waals surface area contributed by atoms with Crippen LogP contribution in [-0.2, 0) is 13.6 Å². The van der Waals surface area contributed by atoms with Crippen LogP contribution in [0.25, 0.3) is 0 Å². The van der Waals surface area contributed by atoms with Crippen molar-refractivity contribution < 1.29 is 13.6 Å². The Labute approximate surface area is 166 Å². The summed E-state index contributed by atoms with van der Waals surface area (Å²) in [6.07, 6.45) is -0.321. The number of nitrogens with zero attached hydrogens (tertiary/aromatic N) is 4. The Kier molecular flexibility index (Phi) is 4.38. The molecule has 28 heavy (non-hydrogen) atoms. The van der Waals surface area contributed by atoms with E-state index >= 15 is 0 Å². The third-order valence-corrected chi connectivity index (χ3v) is 8.80. The molecule has 0 aliphatic carbocycles. The second-order valence-corrected chi connectivity index (χ2v) is 9.62. The smallest absolute Gasteiger partial charge is 0.348 e. The molecule has 2 heterocycles. The second kappa shape index (κ2) is 6.41. The van der Waals surface area contributed by atoms with Crippen LogP contribution in [0.2, 0.25) is 0 Å². The zero-order valence-corrected chi connectivity index (χ0v) is 18.1. The van der Waals surface area contributed by atoms with E-state index in [1.165, 1.54) is 14.2 Å². The van der Waals surface area contributed by atoms with Crippen molar-refractivity contribution in [3.05, 3.63) is 48.5 Å². The van der Waals surface area contributed by atoms with Gasteiger partial charge in [-0.05, 0) is 24.3 Å². The molecule has 2 aromatic rings. The third kappa shape index (κ3) is 2.10. The van der Waals surface area contributed by atoms with E-state index in [4.69, 9.17) is 9.05 Å². The zero-order chi connectivity index (χ0) is 20.3. The Balaban J connectivity index is 1.99. The second-order valence-electron chi connectivity index (χ2n) is 7.24. The molecule has 7 nitrogen and oxygen atoms in total. The van der Waals surface area contributed by atoms with Gasteiger partial charge in [0.15, 0.2) is 6.17 Å². The largest absolute Gasteiger partial charge is 0.380 e. The monoisotopic (exact) mass is 402 g/mol. The number of hydrogen-bond donors (Lipinski definition) is 0. The first kappa shape index (κ1) is 19.1. The summed E-state index contributed by atoms with van der Waals surface area (Å²) < 4.78 is 25.5. The van der Waals surface area contributed by atoms with Gasteiger partial charge in [-0.25, -0.2) is 0 Å². The third-order valence-electron chi connectivity index (χ3n) is 6.20. The van der Waals surface area contributed by atoms with Gasteiger partial charge in [0.25, 0.3) is 5.40 Å². The lowest BCUT2D eigenvalue weighted by Gasteiger charge is -2.52. The van der Waals surface area contributed by atoms with Crippen LogP contribution in [0.1, 0.15) is 0 Å². The maximum absolute atomic E-state index is 14.2. The van der Waals surface area contributed by atoms with Crippen LogP contribution < -0.4 is 19.6 Å². The van der Waals surface area contributed by atoms with Gasteiger partial charge in [-0.3, -0.25) is 4.57 Å². The average Bonchev–Trinajstić information content (AvgIpc) is 3.11. The molecule has 0 bridgehead atoms. The van der Waals surface area contributed by atoms with E-state index in [1.54, 1.807) is 0 Å². The lowest BCUT2D eigenvalue weighted by molar-refractivity contribution is 0.231. The predicted octanol–water partition coefficient (Wildman–Crippen LogP) is 3.62. The van der Waals surface area contributed by atoms with Gasteiger partial charge in [-0.15, -0.1) is 0 Å². The van der Waals surface area contributed by atoms with Crippen molar-refractivity contribution in [2.45, 2.75) is 11.6 Å². The van der Waals surface area contributed by atoms with Gasteiger partial charge in [-0.2, -0.15) is 0 Å². The number of likely N-dealkylation sites (N-methyl/N-ethyl adjacent to an activating group) is 4. The normalized spacial score (nSPS) is 18.6. The molecular weight excluding hydrogens is 375 g/mol. The molecule has 4 rings (SSSR count). The number of anilines is 4. The molecular formula is C20H27N4O3P. The van der Waals surface area contributed by atoms with Gasteiger partial charge < -0.3 is 28.6 Å². The highest BCUT2D eigenvalue weighted by Crippen LogP contribution is 2.69. The molecule has 0 radical (unpaired) electrons. The van der Waals surface area contributed by atoms with Crippen molar-refractivity contribution in [1.29, 1.82) is 0 Å². The summed E-state index contributed by atoms with van der Waals surface area (Å²) in [4.78, 5) is 8.39. The highest BCUT2D eigenvalue weighted by Gasteiger charge is 2.69. The SMILES string of the molecule is COP(=O)(OC)C1(C2N(C)c3ccccc3N2C)N(C)c2ccccc2N1C. The van der Waals surface area contributed by atoms with Crippen LogP contribution in [0.4, 0.5) is 22.7 Å². The number of para-hydroxylation sites is 4. The van der Waals surface area contributed by atoms with E-state index in [0.717, 1.165) is 22.7 Å². The van der Waals surface area contributed by atoms with Crippen LogP contribution in [-0.4, -0.2) is 54.0 Å². The first-order valence-corrected chi connectivity index (χ1v) is 10.7. The molecule has 0 spiro atoms. The van der Waals surface area contributed by atoms with Gasteiger partial charge in [0, 0.05) is 42.4 Å². The number of benzene rings is 2. The average molecular weight is 402 g/mol. The van der Waals surface area contributed by atoms with Crippen LogP contribution in [0, 0.1) is 0 Å². The van der Waals surface area contributed by atoms with Crippen molar-refractivity contribution in [3.8, 4) is 0 Å². The maximum Gasteiger partial charge on any atom is 0.380 e. The standard InChI is InChI=1S/C20H27N4O3P/c1-21-15-11-7-8-12-16(15)22(2)19(21)20(28(25,26-5)27-6)23(3)17-13-9-10-14-18(17)24(20)4/h7-14,19H,1-6H3. The van der Waals surface area contributed by atoms with Crippen LogP contribution in [0.3, 0.4) is 0 Å². The molecule has 0 aromatic heterocycles. The fourth-order valence-corrected chi connectivity index (χ4v) is 7.18. The zero-order valence-electron chi connectivity index (χ0n) is 17.2. The molecule has 8 heteroatoms. The predicted molar refractivity (Wildman–Crippen MR) is 115 cm³/mol. The van der Waals surface area contributed by atoms with Crippen LogP contribution >= 0.6 is 7.60 Å². The summed E-state index contributed by atoms with van der Waals surface area (Å²) in [5.74, 6) is 0. The molecule has 2 aromatic carbocycles. The summed E-state index contributed by atoms with van der Waals surface area (Å²) in [5.41, 5.74) is 4.12. The first-order chi connectivity index (χ1) is 13.3. The van der Waals surface area contributed by atoms with E-state index in [2.05, 4.69) is 21.9 Å². The molecule has 0 N–H and O–H groups in total. The van der Waals surface area contributed by atoms with Gasteiger partial charge >= 0.3 is 7.60 Å². The van der Waals surface area contributed by atoms with E-state index < -0.39 is 13.0 Å². The van der Waals surface area contributed by atoms with Crippen LogP contribution in [0.5, 0.6) is 0 Å². The van der Waals surface area contributed by atoms with E-state index in [0.29, 0.717) is 0 Å². The molecule has 2 aliphatic heterocycles. The molecule has 0 saturated carbocycles. The number of hydrogen-bond acceptors (Lipinski definition) is 7. The molecule has 0 amide bonds. The van der Waals surface area contributed by atoms with Gasteiger partial charge in [-0.1, -0.05) is 24.3 Å². The summed E-state index contributed by atoms with van der Waals surface area (Å²) in [6.45, 7) is 0. The lowest BCUT2D eigenvalue weighted by Crippen LogP contribution is -2.69. The van der Waals surface area contributed by atoms with Gasteiger partial charge in [0.2, 0.25) is 0 Å². The fraction of sp³-hybridized carbons (Fsp3) is 0.400. The molecule has 0 fully saturated rings. The molecule has 150 valence electrons. The molecule has 2 aliphatic rings.